The molecule has 0 unspecified atom stereocenters. The quantitative estimate of drug-likeness (QED) is 0.455. The minimum Gasteiger partial charge on any atom is -0.361 e. The van der Waals surface area contributed by atoms with E-state index in [4.69, 9.17) is 14.2 Å². The lowest BCUT2D eigenvalue weighted by molar-refractivity contribution is -0.164. The van der Waals surface area contributed by atoms with E-state index in [1.165, 1.54) is 7.11 Å². The number of ether oxygens (including phenoxy) is 3. The lowest BCUT2D eigenvalue weighted by Gasteiger charge is -2.15. The van der Waals surface area contributed by atoms with Crippen molar-refractivity contribution in [1.29, 1.82) is 0 Å². The first-order valence-electron chi connectivity index (χ1n) is 4.19. The second-order valence-electron chi connectivity index (χ2n) is 3.33. The van der Waals surface area contributed by atoms with Crippen LogP contribution in [0.4, 0.5) is 0 Å². The number of hydrogen-bond acceptors (Lipinski definition) is 6. The van der Waals surface area contributed by atoms with Crippen molar-refractivity contribution < 1.29 is 26.8 Å². The molecule has 14 heavy (non-hydrogen) atoms. The maximum absolute atomic E-state index is 10.7. The highest BCUT2D eigenvalue weighted by Crippen LogP contribution is 2.39. The number of epoxide rings is 1. The Morgan fingerprint density at radius 3 is 2.50 bits per heavy atom. The van der Waals surface area contributed by atoms with Crippen molar-refractivity contribution in [3.63, 3.8) is 0 Å². The van der Waals surface area contributed by atoms with Crippen LogP contribution in [0.25, 0.3) is 0 Å². The Kier molecular flexibility index (Phi) is 2.52. The summed E-state index contributed by atoms with van der Waals surface area (Å²) in [5, 5.41) is 0. The lowest BCUT2D eigenvalue weighted by Crippen LogP contribution is -2.26. The van der Waals surface area contributed by atoms with Crippen LogP contribution in [0.1, 0.15) is 0 Å². The number of methoxy groups -OCH3 is 1. The van der Waals surface area contributed by atoms with Crippen molar-refractivity contribution in [1.82, 2.24) is 0 Å². The van der Waals surface area contributed by atoms with Crippen molar-refractivity contribution in [3.05, 3.63) is 0 Å². The zero-order valence-corrected chi connectivity index (χ0v) is 8.69. The van der Waals surface area contributed by atoms with E-state index in [-0.39, 0.29) is 24.9 Å². The molecule has 4 atom stereocenters. The summed E-state index contributed by atoms with van der Waals surface area (Å²) < 4.78 is 41.5. The van der Waals surface area contributed by atoms with Gasteiger partial charge in [0, 0.05) is 7.11 Å². The first-order valence-corrected chi connectivity index (χ1v) is 6.01. The molecule has 2 rings (SSSR count). The van der Waals surface area contributed by atoms with Gasteiger partial charge in [-0.3, -0.25) is 4.18 Å². The molecule has 0 bridgehead atoms. The molecule has 0 spiro atoms. The SMILES string of the molecule is CO[C@H]1O[C@H](COS(C)(=O)=O)[C@H]2O[C@@H]12. The van der Waals surface area contributed by atoms with Crippen LogP contribution in [0.3, 0.4) is 0 Å². The predicted molar refractivity (Wildman–Crippen MR) is 45.1 cm³/mol. The van der Waals surface area contributed by atoms with Gasteiger partial charge < -0.3 is 14.2 Å². The fraction of sp³-hybridized carbons (Fsp3) is 1.00. The van der Waals surface area contributed by atoms with Crippen LogP contribution in [0, 0.1) is 0 Å². The van der Waals surface area contributed by atoms with Gasteiger partial charge in [-0.1, -0.05) is 0 Å². The molecule has 7 heteroatoms. The van der Waals surface area contributed by atoms with Gasteiger partial charge in [0.15, 0.2) is 6.29 Å². The number of hydrogen-bond donors (Lipinski definition) is 0. The van der Waals surface area contributed by atoms with E-state index >= 15 is 0 Å². The summed E-state index contributed by atoms with van der Waals surface area (Å²) in [6.07, 6.45) is 0.115. The van der Waals surface area contributed by atoms with Crippen LogP contribution in [0.15, 0.2) is 0 Å². The first kappa shape index (κ1) is 10.3. The third kappa shape index (κ3) is 2.06. The van der Waals surface area contributed by atoms with E-state index in [9.17, 15) is 8.42 Å². The summed E-state index contributed by atoms with van der Waals surface area (Å²) in [4.78, 5) is 0. The Labute approximate surface area is 82.2 Å². The van der Waals surface area contributed by atoms with Crippen LogP contribution in [-0.2, 0) is 28.5 Å². The first-order chi connectivity index (χ1) is 6.51. The van der Waals surface area contributed by atoms with Gasteiger partial charge in [0.2, 0.25) is 0 Å². The molecule has 0 amide bonds. The highest BCUT2D eigenvalue weighted by atomic mass is 32.2. The smallest absolute Gasteiger partial charge is 0.264 e. The average Bonchev–Trinajstić information content (AvgIpc) is 2.78. The van der Waals surface area contributed by atoms with Crippen molar-refractivity contribution in [2.45, 2.75) is 24.6 Å². The highest BCUT2D eigenvalue weighted by molar-refractivity contribution is 7.85. The van der Waals surface area contributed by atoms with E-state index in [2.05, 4.69) is 4.18 Å². The second-order valence-corrected chi connectivity index (χ2v) is 4.98. The number of fused-ring (bicyclic) bond motifs is 1. The average molecular weight is 224 g/mol. The summed E-state index contributed by atoms with van der Waals surface area (Å²) in [6.45, 7) is -0.0140. The van der Waals surface area contributed by atoms with E-state index in [1.54, 1.807) is 0 Å². The molecule has 2 fully saturated rings. The molecule has 0 aromatic carbocycles. The molecule has 0 aliphatic carbocycles. The lowest BCUT2D eigenvalue weighted by atomic mass is 10.2. The molecular weight excluding hydrogens is 212 g/mol. The second kappa shape index (κ2) is 3.42. The Bertz CT molecular complexity index is 312. The normalized spacial score (nSPS) is 41.0. The van der Waals surface area contributed by atoms with E-state index < -0.39 is 16.4 Å². The van der Waals surface area contributed by atoms with Gasteiger partial charge in [0.25, 0.3) is 10.1 Å². The molecule has 2 aliphatic heterocycles. The van der Waals surface area contributed by atoms with E-state index in [0.717, 1.165) is 6.26 Å². The van der Waals surface area contributed by atoms with E-state index in [1.807, 2.05) is 0 Å². The van der Waals surface area contributed by atoms with Gasteiger partial charge in [-0.05, 0) is 0 Å². The molecule has 82 valence electrons. The van der Waals surface area contributed by atoms with Gasteiger partial charge in [0.05, 0.1) is 12.9 Å². The molecule has 2 saturated heterocycles. The molecule has 0 aromatic rings. The van der Waals surface area contributed by atoms with Gasteiger partial charge in [-0.25, -0.2) is 0 Å². The summed E-state index contributed by atoms with van der Waals surface area (Å²) >= 11 is 0. The van der Waals surface area contributed by atoms with E-state index in [0.29, 0.717) is 0 Å². The van der Waals surface area contributed by atoms with Gasteiger partial charge in [0.1, 0.15) is 18.3 Å². The number of rotatable bonds is 4. The predicted octanol–water partition coefficient (Wildman–Crippen LogP) is -0.899. The van der Waals surface area contributed by atoms with Crippen LogP contribution < -0.4 is 0 Å². The summed E-state index contributed by atoms with van der Waals surface area (Å²) in [6, 6.07) is 0. The summed E-state index contributed by atoms with van der Waals surface area (Å²) in [5.74, 6) is 0. The third-order valence-corrected chi connectivity index (χ3v) is 2.75. The largest absolute Gasteiger partial charge is 0.361 e. The molecule has 0 radical (unpaired) electrons. The highest BCUT2D eigenvalue weighted by Gasteiger charge is 2.58. The molecule has 0 N–H and O–H groups in total. The maximum atomic E-state index is 10.7. The molecular formula is C7H12O6S. The molecule has 0 aromatic heterocycles. The fourth-order valence-electron chi connectivity index (χ4n) is 1.50. The van der Waals surface area contributed by atoms with Crippen LogP contribution in [-0.4, -0.2) is 53.0 Å². The monoisotopic (exact) mass is 224 g/mol. The minimum absolute atomic E-state index is 0.0140. The topological polar surface area (TPSA) is 74.4 Å². The summed E-state index contributed by atoms with van der Waals surface area (Å²) in [5.41, 5.74) is 0. The van der Waals surface area contributed by atoms with Crippen LogP contribution in [0.5, 0.6) is 0 Å². The maximum Gasteiger partial charge on any atom is 0.264 e. The molecule has 0 saturated carbocycles. The van der Waals surface area contributed by atoms with Crippen LogP contribution >= 0.6 is 0 Å². The Hall–Kier alpha value is -0.210. The van der Waals surface area contributed by atoms with Gasteiger partial charge in [-0.15, -0.1) is 0 Å². The van der Waals surface area contributed by atoms with Gasteiger partial charge in [-0.2, -0.15) is 8.42 Å². The Morgan fingerprint density at radius 2 is 2.00 bits per heavy atom. The van der Waals surface area contributed by atoms with Crippen LogP contribution in [0.2, 0.25) is 0 Å². The molecule has 2 aliphatic rings. The summed E-state index contributed by atoms with van der Waals surface area (Å²) in [7, 11) is -1.90. The Morgan fingerprint density at radius 1 is 1.29 bits per heavy atom. The van der Waals surface area contributed by atoms with Crippen molar-refractivity contribution in [2.75, 3.05) is 20.0 Å². The zero-order valence-electron chi connectivity index (χ0n) is 7.87. The third-order valence-electron chi connectivity index (χ3n) is 2.18. The fourth-order valence-corrected chi connectivity index (χ4v) is 1.88. The van der Waals surface area contributed by atoms with Crippen molar-refractivity contribution >= 4 is 10.1 Å². The Balaban J connectivity index is 1.84. The molecule has 6 nitrogen and oxygen atoms in total. The van der Waals surface area contributed by atoms with Gasteiger partial charge >= 0.3 is 0 Å². The standard InChI is InChI=1S/C7H12O6S/c1-10-7-6-5(13-6)4(12-7)3-11-14(2,8)9/h4-7H,3H2,1-2H3/t4-,5-,6-,7+/m1/s1. The van der Waals surface area contributed by atoms with Crippen molar-refractivity contribution in [3.8, 4) is 0 Å². The zero-order chi connectivity index (χ0) is 10.3. The minimum atomic E-state index is -3.42. The van der Waals surface area contributed by atoms with Crippen molar-refractivity contribution in [2.24, 2.45) is 0 Å². The molecule has 2 heterocycles.